The van der Waals surface area contributed by atoms with Crippen molar-refractivity contribution in [3.05, 3.63) is 29.3 Å². The van der Waals surface area contributed by atoms with Gasteiger partial charge in [0, 0.05) is 0 Å². The number of hydrogen-bond donors (Lipinski definition) is 1. The summed E-state index contributed by atoms with van der Waals surface area (Å²) in [5.74, 6) is -0.247. The van der Waals surface area contributed by atoms with Gasteiger partial charge in [-0.3, -0.25) is 0 Å². The number of phenols is 1. The number of benzene rings is 1. The van der Waals surface area contributed by atoms with Crippen molar-refractivity contribution in [2.75, 3.05) is 6.61 Å². The van der Waals surface area contributed by atoms with Crippen LogP contribution >= 0.6 is 0 Å². The maximum absolute atomic E-state index is 11.3. The molecule has 0 aromatic heterocycles. The van der Waals surface area contributed by atoms with Gasteiger partial charge in [-0.05, 0) is 31.0 Å². The summed E-state index contributed by atoms with van der Waals surface area (Å²) in [6, 6.07) is 4.84. The van der Waals surface area contributed by atoms with Crippen LogP contribution in [0.15, 0.2) is 18.2 Å². The molecule has 76 valence electrons. The fourth-order valence-corrected chi connectivity index (χ4v) is 1.20. The third kappa shape index (κ3) is 2.25. The van der Waals surface area contributed by atoms with E-state index in [-0.39, 0.29) is 5.75 Å². The molecule has 0 atom stereocenters. The van der Waals surface area contributed by atoms with Crippen LogP contribution in [0.4, 0.5) is 0 Å². The highest BCUT2D eigenvalue weighted by molar-refractivity contribution is 5.90. The summed E-state index contributed by atoms with van der Waals surface area (Å²) in [6.07, 6.45) is 0.745. The molecule has 0 bridgehead atoms. The topological polar surface area (TPSA) is 46.5 Å². The predicted octanol–water partition coefficient (Wildman–Crippen LogP) is 2.13. The molecule has 1 rings (SSSR count). The Morgan fingerprint density at radius 3 is 2.64 bits per heavy atom. The van der Waals surface area contributed by atoms with E-state index in [1.807, 2.05) is 6.92 Å². The van der Waals surface area contributed by atoms with Crippen molar-refractivity contribution >= 4 is 5.97 Å². The molecule has 1 aromatic carbocycles. The lowest BCUT2D eigenvalue weighted by Gasteiger charge is -2.04. The molecular formula is C11H14O3. The summed E-state index contributed by atoms with van der Waals surface area (Å²) >= 11 is 0. The third-order valence-electron chi connectivity index (χ3n) is 1.98. The van der Waals surface area contributed by atoms with Gasteiger partial charge in [0.2, 0.25) is 0 Å². The van der Waals surface area contributed by atoms with Gasteiger partial charge in [-0.25, -0.2) is 4.79 Å². The van der Waals surface area contributed by atoms with Gasteiger partial charge < -0.3 is 9.84 Å². The number of hydrogen-bond acceptors (Lipinski definition) is 3. The number of phenolic OH excluding ortho intramolecular Hbond substituents is 1. The Morgan fingerprint density at radius 1 is 1.43 bits per heavy atom. The van der Waals surface area contributed by atoms with E-state index in [2.05, 4.69) is 0 Å². The smallest absolute Gasteiger partial charge is 0.338 e. The highest BCUT2D eigenvalue weighted by Gasteiger charge is 2.08. The lowest BCUT2D eigenvalue weighted by molar-refractivity contribution is 0.0526. The average molecular weight is 194 g/mol. The summed E-state index contributed by atoms with van der Waals surface area (Å²) in [7, 11) is 0. The second kappa shape index (κ2) is 4.65. The van der Waals surface area contributed by atoms with Crippen LogP contribution < -0.4 is 0 Å². The zero-order valence-electron chi connectivity index (χ0n) is 8.41. The quantitative estimate of drug-likeness (QED) is 0.750. The Kier molecular flexibility index (Phi) is 3.51. The van der Waals surface area contributed by atoms with Crippen LogP contribution in [-0.2, 0) is 11.2 Å². The normalized spacial score (nSPS) is 9.86. The molecule has 0 unspecified atom stereocenters. The summed E-state index contributed by atoms with van der Waals surface area (Å²) in [5, 5.41) is 9.50. The molecule has 0 aliphatic heterocycles. The van der Waals surface area contributed by atoms with Gasteiger partial charge >= 0.3 is 5.97 Å². The number of carbonyl (C=O) groups is 1. The summed E-state index contributed by atoms with van der Waals surface area (Å²) < 4.78 is 4.81. The summed E-state index contributed by atoms with van der Waals surface area (Å²) in [6.45, 7) is 4.03. The van der Waals surface area contributed by atoms with Crippen molar-refractivity contribution in [3.63, 3.8) is 0 Å². The molecule has 3 nitrogen and oxygen atoms in total. The van der Waals surface area contributed by atoms with E-state index >= 15 is 0 Å². The van der Waals surface area contributed by atoms with E-state index in [0.29, 0.717) is 12.2 Å². The van der Waals surface area contributed by atoms with Crippen LogP contribution in [0, 0.1) is 0 Å². The van der Waals surface area contributed by atoms with Gasteiger partial charge in [-0.15, -0.1) is 0 Å². The number of esters is 1. The van der Waals surface area contributed by atoms with Crippen molar-refractivity contribution in [1.82, 2.24) is 0 Å². The van der Waals surface area contributed by atoms with Crippen molar-refractivity contribution in [1.29, 1.82) is 0 Å². The molecule has 0 heterocycles. The first-order valence-electron chi connectivity index (χ1n) is 4.68. The standard InChI is InChI=1S/C11H14O3/c1-3-8-5-6-9(7-10(8)12)11(13)14-4-2/h5-7,12H,3-4H2,1-2H3. The average Bonchev–Trinajstić information content (AvgIpc) is 2.18. The van der Waals surface area contributed by atoms with Gasteiger partial charge in [0.1, 0.15) is 5.75 Å². The minimum Gasteiger partial charge on any atom is -0.508 e. The monoisotopic (exact) mass is 194 g/mol. The van der Waals surface area contributed by atoms with Gasteiger partial charge in [-0.1, -0.05) is 13.0 Å². The first-order chi connectivity index (χ1) is 6.69. The maximum Gasteiger partial charge on any atom is 0.338 e. The largest absolute Gasteiger partial charge is 0.508 e. The second-order valence-electron chi connectivity index (χ2n) is 2.92. The molecular weight excluding hydrogens is 180 g/mol. The molecule has 1 aromatic rings. The number of rotatable bonds is 3. The number of ether oxygens (including phenoxy) is 1. The first kappa shape index (κ1) is 10.6. The van der Waals surface area contributed by atoms with Gasteiger partial charge in [-0.2, -0.15) is 0 Å². The molecule has 0 fully saturated rings. The van der Waals surface area contributed by atoms with Crippen molar-refractivity contribution < 1.29 is 14.6 Å². The van der Waals surface area contributed by atoms with E-state index in [1.165, 1.54) is 6.07 Å². The molecule has 0 aliphatic rings. The zero-order chi connectivity index (χ0) is 10.6. The second-order valence-corrected chi connectivity index (χ2v) is 2.92. The van der Waals surface area contributed by atoms with E-state index in [1.54, 1.807) is 19.1 Å². The van der Waals surface area contributed by atoms with Crippen LogP contribution in [0.3, 0.4) is 0 Å². The molecule has 0 radical (unpaired) electrons. The van der Waals surface area contributed by atoms with Gasteiger partial charge in [0.15, 0.2) is 0 Å². The number of carbonyl (C=O) groups excluding carboxylic acids is 1. The predicted molar refractivity (Wildman–Crippen MR) is 53.4 cm³/mol. The van der Waals surface area contributed by atoms with Crippen LogP contribution in [-0.4, -0.2) is 17.7 Å². The fraction of sp³-hybridized carbons (Fsp3) is 0.364. The van der Waals surface area contributed by atoms with E-state index in [9.17, 15) is 9.90 Å². The van der Waals surface area contributed by atoms with Crippen LogP contribution in [0.5, 0.6) is 5.75 Å². The molecule has 3 heteroatoms. The molecule has 0 amide bonds. The third-order valence-corrected chi connectivity index (χ3v) is 1.98. The van der Waals surface area contributed by atoms with Crippen LogP contribution in [0.25, 0.3) is 0 Å². The minimum atomic E-state index is -0.398. The molecule has 1 N–H and O–H groups in total. The lowest BCUT2D eigenvalue weighted by atomic mass is 10.1. The molecule has 14 heavy (non-hydrogen) atoms. The zero-order valence-corrected chi connectivity index (χ0v) is 8.41. The maximum atomic E-state index is 11.3. The highest BCUT2D eigenvalue weighted by atomic mass is 16.5. The van der Waals surface area contributed by atoms with Crippen molar-refractivity contribution in [2.24, 2.45) is 0 Å². The highest BCUT2D eigenvalue weighted by Crippen LogP contribution is 2.19. The van der Waals surface area contributed by atoms with Gasteiger partial charge in [0.25, 0.3) is 0 Å². The van der Waals surface area contributed by atoms with E-state index in [4.69, 9.17) is 4.74 Å². The molecule has 0 aliphatic carbocycles. The summed E-state index contributed by atoms with van der Waals surface area (Å²) in [5.41, 5.74) is 1.22. The molecule has 0 saturated carbocycles. The Hall–Kier alpha value is -1.51. The number of aromatic hydroxyl groups is 1. The fourth-order valence-electron chi connectivity index (χ4n) is 1.20. The first-order valence-corrected chi connectivity index (χ1v) is 4.68. The van der Waals surface area contributed by atoms with Gasteiger partial charge in [0.05, 0.1) is 12.2 Å². The SMILES string of the molecule is CCOC(=O)c1ccc(CC)c(O)c1. The Labute approximate surface area is 83.3 Å². The Balaban J connectivity index is 2.91. The van der Waals surface area contributed by atoms with Crippen molar-refractivity contribution in [3.8, 4) is 5.75 Å². The lowest BCUT2D eigenvalue weighted by Crippen LogP contribution is -2.04. The molecule has 0 saturated heterocycles. The van der Waals surface area contributed by atoms with E-state index < -0.39 is 5.97 Å². The van der Waals surface area contributed by atoms with Crippen LogP contribution in [0.2, 0.25) is 0 Å². The Morgan fingerprint density at radius 2 is 2.14 bits per heavy atom. The van der Waals surface area contributed by atoms with Crippen LogP contribution in [0.1, 0.15) is 29.8 Å². The summed E-state index contributed by atoms with van der Waals surface area (Å²) in [4.78, 5) is 11.3. The minimum absolute atomic E-state index is 0.151. The molecule has 0 spiro atoms. The van der Waals surface area contributed by atoms with Crippen molar-refractivity contribution in [2.45, 2.75) is 20.3 Å². The Bertz CT molecular complexity index is 331. The van der Waals surface area contributed by atoms with E-state index in [0.717, 1.165) is 12.0 Å². The number of aryl methyl sites for hydroxylation is 1.